The van der Waals surface area contributed by atoms with Gasteiger partial charge in [-0.05, 0) is 43.7 Å². The van der Waals surface area contributed by atoms with Crippen molar-refractivity contribution < 1.29 is 14.3 Å². The van der Waals surface area contributed by atoms with Gasteiger partial charge >= 0.3 is 0 Å². The fourth-order valence-electron chi connectivity index (χ4n) is 3.71. The van der Waals surface area contributed by atoms with Crippen LogP contribution in [0.1, 0.15) is 47.8 Å². The molecular formula is C25H24ClNO3. The Kier molecular flexibility index (Phi) is 5.69. The number of nitrogens with one attached hydrogen (secondary N) is 1. The van der Waals surface area contributed by atoms with Crippen molar-refractivity contribution in [1.82, 2.24) is 5.32 Å². The summed E-state index contributed by atoms with van der Waals surface area (Å²) in [6.45, 7) is 4.42. The summed E-state index contributed by atoms with van der Waals surface area (Å²) >= 11 is 6.19. The maximum Gasteiger partial charge on any atom is 0.255 e. The highest BCUT2D eigenvalue weighted by atomic mass is 35.5. The SMILES string of the molecule is CC1(C)C[C@@H](NC(=O)c2cc(Cl)ccc2OCc2ccccc2)c2ccccc2O1. The number of para-hydroxylation sites is 1. The quantitative estimate of drug-likeness (QED) is 0.553. The van der Waals surface area contributed by atoms with Crippen molar-refractivity contribution in [2.45, 2.75) is 38.5 Å². The molecule has 1 N–H and O–H groups in total. The highest BCUT2D eigenvalue weighted by Crippen LogP contribution is 2.39. The number of fused-ring (bicyclic) bond motifs is 1. The van der Waals surface area contributed by atoms with E-state index in [1.54, 1.807) is 18.2 Å². The van der Waals surface area contributed by atoms with Crippen LogP contribution >= 0.6 is 11.6 Å². The lowest BCUT2D eigenvalue weighted by molar-refractivity contribution is 0.0618. The molecule has 1 amide bonds. The monoisotopic (exact) mass is 421 g/mol. The molecule has 0 aromatic heterocycles. The number of hydrogen-bond donors (Lipinski definition) is 1. The van der Waals surface area contributed by atoms with E-state index in [0.717, 1.165) is 16.9 Å². The molecule has 4 rings (SSSR count). The van der Waals surface area contributed by atoms with E-state index in [1.165, 1.54) is 0 Å². The Morgan fingerprint density at radius 3 is 2.63 bits per heavy atom. The Balaban J connectivity index is 1.57. The van der Waals surface area contributed by atoms with E-state index in [1.807, 2.05) is 68.4 Å². The predicted molar refractivity (Wildman–Crippen MR) is 118 cm³/mol. The highest BCUT2D eigenvalue weighted by molar-refractivity contribution is 6.31. The van der Waals surface area contributed by atoms with Crippen LogP contribution < -0.4 is 14.8 Å². The van der Waals surface area contributed by atoms with E-state index >= 15 is 0 Å². The molecule has 1 heterocycles. The van der Waals surface area contributed by atoms with Crippen LogP contribution in [0.25, 0.3) is 0 Å². The smallest absolute Gasteiger partial charge is 0.255 e. The van der Waals surface area contributed by atoms with Crippen molar-refractivity contribution in [3.63, 3.8) is 0 Å². The second-order valence-electron chi connectivity index (χ2n) is 8.04. The van der Waals surface area contributed by atoms with E-state index in [4.69, 9.17) is 21.1 Å². The zero-order valence-electron chi connectivity index (χ0n) is 17.0. The summed E-state index contributed by atoms with van der Waals surface area (Å²) < 4.78 is 12.0. The molecule has 0 bridgehead atoms. The lowest BCUT2D eigenvalue weighted by Gasteiger charge is -2.37. The molecule has 0 saturated carbocycles. The molecule has 4 nitrogen and oxygen atoms in total. The van der Waals surface area contributed by atoms with Gasteiger partial charge in [-0.15, -0.1) is 0 Å². The summed E-state index contributed by atoms with van der Waals surface area (Å²) in [7, 11) is 0. The van der Waals surface area contributed by atoms with E-state index in [-0.39, 0.29) is 17.6 Å². The van der Waals surface area contributed by atoms with Crippen LogP contribution in [0, 0.1) is 0 Å². The van der Waals surface area contributed by atoms with Crippen molar-refractivity contribution in [2.75, 3.05) is 0 Å². The average molecular weight is 422 g/mol. The van der Waals surface area contributed by atoms with Crippen molar-refractivity contribution in [2.24, 2.45) is 0 Å². The van der Waals surface area contributed by atoms with Crippen LogP contribution in [-0.2, 0) is 6.61 Å². The first-order chi connectivity index (χ1) is 14.4. The number of halogens is 1. The first kappa shape index (κ1) is 20.3. The fourth-order valence-corrected chi connectivity index (χ4v) is 3.88. The van der Waals surface area contributed by atoms with Gasteiger partial charge in [0.15, 0.2) is 0 Å². The van der Waals surface area contributed by atoms with Crippen molar-refractivity contribution in [3.8, 4) is 11.5 Å². The molecule has 0 spiro atoms. The summed E-state index contributed by atoms with van der Waals surface area (Å²) in [5.41, 5.74) is 2.03. The molecule has 5 heteroatoms. The van der Waals surface area contributed by atoms with E-state index < -0.39 is 0 Å². The lowest BCUT2D eigenvalue weighted by Crippen LogP contribution is -2.41. The van der Waals surface area contributed by atoms with Gasteiger partial charge in [0, 0.05) is 17.0 Å². The maximum absolute atomic E-state index is 13.2. The zero-order chi connectivity index (χ0) is 21.1. The normalized spacial score (nSPS) is 16.8. The topological polar surface area (TPSA) is 47.6 Å². The summed E-state index contributed by atoms with van der Waals surface area (Å²) in [5, 5.41) is 3.64. The molecule has 3 aromatic carbocycles. The Hall–Kier alpha value is -2.98. The molecule has 0 unspecified atom stereocenters. The van der Waals surface area contributed by atoms with Gasteiger partial charge in [-0.25, -0.2) is 0 Å². The van der Waals surface area contributed by atoms with Crippen molar-refractivity contribution in [1.29, 1.82) is 0 Å². The summed E-state index contributed by atoms with van der Waals surface area (Å²) in [5.74, 6) is 1.07. The standard InChI is InChI=1S/C25H24ClNO3/c1-25(2)15-21(19-10-6-7-11-23(19)30-25)27-24(28)20-14-18(26)12-13-22(20)29-16-17-8-4-3-5-9-17/h3-14,21H,15-16H2,1-2H3,(H,27,28)/t21-/m1/s1. The fraction of sp³-hybridized carbons (Fsp3) is 0.240. The van der Waals surface area contributed by atoms with Crippen LogP contribution in [0.5, 0.6) is 11.5 Å². The van der Waals surface area contributed by atoms with Crippen LogP contribution in [0.15, 0.2) is 72.8 Å². The zero-order valence-corrected chi connectivity index (χ0v) is 17.8. The molecular weight excluding hydrogens is 398 g/mol. The highest BCUT2D eigenvalue weighted by Gasteiger charge is 2.34. The van der Waals surface area contributed by atoms with E-state index in [0.29, 0.717) is 29.4 Å². The number of benzene rings is 3. The van der Waals surface area contributed by atoms with Crippen LogP contribution in [0.4, 0.5) is 0 Å². The van der Waals surface area contributed by atoms with Gasteiger partial charge in [0.05, 0.1) is 11.6 Å². The van der Waals surface area contributed by atoms with E-state index in [2.05, 4.69) is 5.32 Å². The molecule has 0 radical (unpaired) electrons. The number of hydrogen-bond acceptors (Lipinski definition) is 3. The second-order valence-corrected chi connectivity index (χ2v) is 8.48. The molecule has 1 atom stereocenters. The Morgan fingerprint density at radius 2 is 1.83 bits per heavy atom. The number of rotatable bonds is 5. The molecule has 0 aliphatic carbocycles. The third-order valence-corrected chi connectivity index (χ3v) is 5.34. The molecule has 0 fully saturated rings. The van der Waals surface area contributed by atoms with Crippen LogP contribution in [0.2, 0.25) is 5.02 Å². The van der Waals surface area contributed by atoms with Gasteiger partial charge in [0.25, 0.3) is 5.91 Å². The van der Waals surface area contributed by atoms with Crippen LogP contribution in [-0.4, -0.2) is 11.5 Å². The molecule has 3 aromatic rings. The molecule has 1 aliphatic rings. The Bertz CT molecular complexity index is 1050. The van der Waals surface area contributed by atoms with Gasteiger partial charge < -0.3 is 14.8 Å². The predicted octanol–water partition coefficient (Wildman–Crippen LogP) is 5.95. The minimum atomic E-state index is -0.382. The minimum absolute atomic E-state index is 0.168. The summed E-state index contributed by atoms with van der Waals surface area (Å²) in [4.78, 5) is 13.2. The molecule has 154 valence electrons. The number of ether oxygens (including phenoxy) is 2. The molecule has 1 aliphatic heterocycles. The largest absolute Gasteiger partial charge is 0.488 e. The third kappa shape index (κ3) is 4.60. The summed E-state index contributed by atoms with van der Waals surface area (Å²) in [6.07, 6.45) is 0.663. The Morgan fingerprint density at radius 1 is 1.10 bits per heavy atom. The molecule has 30 heavy (non-hydrogen) atoms. The first-order valence-electron chi connectivity index (χ1n) is 9.96. The second kappa shape index (κ2) is 8.41. The van der Waals surface area contributed by atoms with Gasteiger partial charge in [0.2, 0.25) is 0 Å². The van der Waals surface area contributed by atoms with E-state index in [9.17, 15) is 4.79 Å². The number of amides is 1. The maximum atomic E-state index is 13.2. The van der Waals surface area contributed by atoms with Gasteiger partial charge in [0.1, 0.15) is 23.7 Å². The van der Waals surface area contributed by atoms with Crippen LogP contribution in [0.3, 0.4) is 0 Å². The Labute approximate surface area is 181 Å². The van der Waals surface area contributed by atoms with Gasteiger partial charge in [-0.2, -0.15) is 0 Å². The van der Waals surface area contributed by atoms with Crippen molar-refractivity contribution >= 4 is 17.5 Å². The third-order valence-electron chi connectivity index (χ3n) is 5.11. The minimum Gasteiger partial charge on any atom is -0.488 e. The number of carbonyl (C=O) groups is 1. The summed E-state index contributed by atoms with van der Waals surface area (Å²) in [6, 6.07) is 22.6. The molecule has 0 saturated heterocycles. The average Bonchev–Trinajstić information content (AvgIpc) is 2.72. The van der Waals surface area contributed by atoms with Crippen molar-refractivity contribution in [3.05, 3.63) is 94.5 Å². The first-order valence-corrected chi connectivity index (χ1v) is 10.3. The lowest BCUT2D eigenvalue weighted by atomic mass is 9.89. The van der Waals surface area contributed by atoms with Gasteiger partial charge in [-0.1, -0.05) is 60.1 Å². The number of carbonyl (C=O) groups excluding carboxylic acids is 1. The van der Waals surface area contributed by atoms with Gasteiger partial charge in [-0.3, -0.25) is 4.79 Å².